The van der Waals surface area contributed by atoms with Crippen LogP contribution in [0.1, 0.15) is 12.5 Å². The van der Waals surface area contributed by atoms with Gasteiger partial charge in [-0.3, -0.25) is 0 Å². The molecule has 0 radical (unpaired) electrons. The van der Waals surface area contributed by atoms with E-state index in [1.807, 2.05) is 0 Å². The van der Waals surface area contributed by atoms with Crippen molar-refractivity contribution in [1.29, 1.82) is 0 Å². The molecule has 1 rings (SSSR count). The van der Waals surface area contributed by atoms with Gasteiger partial charge in [0.2, 0.25) is 0 Å². The molecule has 17 heavy (non-hydrogen) atoms. The van der Waals surface area contributed by atoms with E-state index in [2.05, 4.69) is 0 Å². The van der Waals surface area contributed by atoms with Gasteiger partial charge in [0, 0.05) is 0 Å². The topological polar surface area (TPSA) is 44.5 Å². The standard InChI is InChI=1S/C12H17F2NO2/c1-12(15,11(13)14)7-8-4-5-9(16-2)10(6-8)17-3/h4-6,11H,7,15H2,1-3H3. The molecule has 0 heterocycles. The summed E-state index contributed by atoms with van der Waals surface area (Å²) in [6.45, 7) is 1.33. The minimum Gasteiger partial charge on any atom is -0.493 e. The molecule has 0 bridgehead atoms. The lowest BCUT2D eigenvalue weighted by atomic mass is 9.94. The first-order chi connectivity index (χ1) is 7.90. The Kier molecular flexibility index (Phi) is 4.28. The molecule has 1 unspecified atom stereocenters. The number of ether oxygens (including phenoxy) is 2. The van der Waals surface area contributed by atoms with E-state index in [1.165, 1.54) is 21.1 Å². The average molecular weight is 245 g/mol. The number of hydrogen-bond donors (Lipinski definition) is 1. The van der Waals surface area contributed by atoms with E-state index < -0.39 is 12.0 Å². The Labute approximate surface area is 99.5 Å². The smallest absolute Gasteiger partial charge is 0.256 e. The fraction of sp³-hybridized carbons (Fsp3) is 0.500. The van der Waals surface area contributed by atoms with Crippen molar-refractivity contribution in [3.8, 4) is 11.5 Å². The van der Waals surface area contributed by atoms with Gasteiger partial charge >= 0.3 is 0 Å². The summed E-state index contributed by atoms with van der Waals surface area (Å²) >= 11 is 0. The highest BCUT2D eigenvalue weighted by atomic mass is 19.3. The van der Waals surface area contributed by atoms with E-state index in [9.17, 15) is 8.78 Å². The molecule has 0 aliphatic heterocycles. The first kappa shape index (κ1) is 13.7. The highest BCUT2D eigenvalue weighted by Crippen LogP contribution is 2.29. The Morgan fingerprint density at radius 1 is 1.24 bits per heavy atom. The summed E-state index contributed by atoms with van der Waals surface area (Å²) in [4.78, 5) is 0. The van der Waals surface area contributed by atoms with Crippen LogP contribution in [0.5, 0.6) is 11.5 Å². The van der Waals surface area contributed by atoms with Gasteiger partial charge in [-0.1, -0.05) is 6.07 Å². The third-order valence-electron chi connectivity index (χ3n) is 2.53. The number of halogens is 2. The first-order valence-electron chi connectivity index (χ1n) is 5.18. The molecule has 96 valence electrons. The number of methoxy groups -OCH3 is 2. The van der Waals surface area contributed by atoms with Gasteiger partial charge in [0.25, 0.3) is 6.43 Å². The van der Waals surface area contributed by atoms with Gasteiger partial charge in [0.1, 0.15) is 0 Å². The van der Waals surface area contributed by atoms with Gasteiger partial charge in [-0.25, -0.2) is 8.78 Å². The number of rotatable bonds is 5. The monoisotopic (exact) mass is 245 g/mol. The fourth-order valence-electron chi connectivity index (χ4n) is 1.51. The van der Waals surface area contributed by atoms with Crippen molar-refractivity contribution in [2.75, 3.05) is 14.2 Å². The van der Waals surface area contributed by atoms with Gasteiger partial charge in [0.05, 0.1) is 19.8 Å². The van der Waals surface area contributed by atoms with Crippen LogP contribution < -0.4 is 15.2 Å². The molecule has 5 heteroatoms. The van der Waals surface area contributed by atoms with Crippen molar-refractivity contribution in [3.05, 3.63) is 23.8 Å². The number of alkyl halides is 2. The van der Waals surface area contributed by atoms with Crippen LogP contribution in [0, 0.1) is 0 Å². The largest absolute Gasteiger partial charge is 0.493 e. The van der Waals surface area contributed by atoms with Crippen LogP contribution >= 0.6 is 0 Å². The zero-order valence-electron chi connectivity index (χ0n) is 10.2. The third kappa shape index (κ3) is 3.30. The molecular formula is C12H17F2NO2. The minimum atomic E-state index is -2.57. The molecule has 0 aliphatic carbocycles. The molecule has 1 aromatic carbocycles. The third-order valence-corrected chi connectivity index (χ3v) is 2.53. The van der Waals surface area contributed by atoms with Crippen LogP contribution in [0.15, 0.2) is 18.2 Å². The van der Waals surface area contributed by atoms with Crippen molar-refractivity contribution < 1.29 is 18.3 Å². The Balaban J connectivity index is 2.93. The molecule has 3 nitrogen and oxygen atoms in total. The van der Waals surface area contributed by atoms with E-state index in [4.69, 9.17) is 15.2 Å². The van der Waals surface area contributed by atoms with Gasteiger partial charge < -0.3 is 15.2 Å². The fourth-order valence-corrected chi connectivity index (χ4v) is 1.51. The van der Waals surface area contributed by atoms with E-state index in [1.54, 1.807) is 18.2 Å². The lowest BCUT2D eigenvalue weighted by molar-refractivity contribution is 0.0639. The van der Waals surface area contributed by atoms with E-state index in [-0.39, 0.29) is 6.42 Å². The lowest BCUT2D eigenvalue weighted by Gasteiger charge is -2.23. The maximum Gasteiger partial charge on any atom is 0.256 e. The predicted molar refractivity (Wildman–Crippen MR) is 61.8 cm³/mol. The highest BCUT2D eigenvalue weighted by molar-refractivity contribution is 5.43. The molecule has 0 saturated heterocycles. The lowest BCUT2D eigenvalue weighted by Crippen LogP contribution is -2.45. The van der Waals surface area contributed by atoms with Gasteiger partial charge in [0.15, 0.2) is 11.5 Å². The van der Waals surface area contributed by atoms with Crippen LogP contribution in [0.25, 0.3) is 0 Å². The highest BCUT2D eigenvalue weighted by Gasteiger charge is 2.30. The molecule has 0 saturated carbocycles. The maximum absolute atomic E-state index is 12.6. The van der Waals surface area contributed by atoms with Crippen LogP contribution in [-0.2, 0) is 6.42 Å². The van der Waals surface area contributed by atoms with E-state index in [0.29, 0.717) is 17.1 Å². The van der Waals surface area contributed by atoms with Crippen LogP contribution in [0.2, 0.25) is 0 Å². The summed E-state index contributed by atoms with van der Waals surface area (Å²) in [5, 5.41) is 0. The summed E-state index contributed by atoms with van der Waals surface area (Å²) in [6.07, 6.45) is -2.50. The number of hydrogen-bond acceptors (Lipinski definition) is 3. The Morgan fingerprint density at radius 2 is 1.82 bits per heavy atom. The normalized spacial score (nSPS) is 14.5. The molecule has 1 aromatic rings. The Hall–Kier alpha value is -1.36. The SMILES string of the molecule is COc1ccc(CC(C)(N)C(F)F)cc1OC. The van der Waals surface area contributed by atoms with Crippen LogP contribution in [-0.4, -0.2) is 26.2 Å². The van der Waals surface area contributed by atoms with Crippen molar-refractivity contribution in [2.24, 2.45) is 5.73 Å². The molecule has 0 spiro atoms. The second kappa shape index (κ2) is 5.31. The quantitative estimate of drug-likeness (QED) is 0.865. The van der Waals surface area contributed by atoms with Crippen molar-refractivity contribution in [1.82, 2.24) is 0 Å². The summed E-state index contributed by atoms with van der Waals surface area (Å²) in [5.74, 6) is 1.07. The summed E-state index contributed by atoms with van der Waals surface area (Å²) in [6, 6.07) is 5.04. The summed E-state index contributed by atoms with van der Waals surface area (Å²) in [7, 11) is 3.01. The molecule has 0 aromatic heterocycles. The Morgan fingerprint density at radius 3 is 2.29 bits per heavy atom. The average Bonchev–Trinajstić information content (AvgIpc) is 2.28. The van der Waals surface area contributed by atoms with Crippen LogP contribution in [0.4, 0.5) is 8.78 Å². The minimum absolute atomic E-state index is 0.0744. The van der Waals surface area contributed by atoms with Crippen molar-refractivity contribution in [3.63, 3.8) is 0 Å². The second-order valence-corrected chi connectivity index (χ2v) is 4.17. The molecule has 0 aliphatic rings. The van der Waals surface area contributed by atoms with Gasteiger partial charge in [-0.05, 0) is 31.0 Å². The molecule has 1 atom stereocenters. The summed E-state index contributed by atoms with van der Waals surface area (Å²) in [5.41, 5.74) is 4.68. The number of nitrogens with two attached hydrogens (primary N) is 1. The predicted octanol–water partition coefficient (Wildman–Crippen LogP) is 2.23. The number of benzene rings is 1. The molecule has 0 amide bonds. The van der Waals surface area contributed by atoms with Gasteiger partial charge in [-0.15, -0.1) is 0 Å². The molecule has 2 N–H and O–H groups in total. The van der Waals surface area contributed by atoms with Crippen molar-refractivity contribution in [2.45, 2.75) is 25.3 Å². The molecule has 0 fully saturated rings. The summed E-state index contributed by atoms with van der Waals surface area (Å²) < 4.78 is 35.5. The molecular weight excluding hydrogens is 228 g/mol. The Bertz CT molecular complexity index is 381. The zero-order valence-corrected chi connectivity index (χ0v) is 10.2. The zero-order chi connectivity index (χ0) is 13.1. The maximum atomic E-state index is 12.6. The van der Waals surface area contributed by atoms with Crippen LogP contribution in [0.3, 0.4) is 0 Å². The second-order valence-electron chi connectivity index (χ2n) is 4.17. The van der Waals surface area contributed by atoms with Crippen molar-refractivity contribution >= 4 is 0 Å². The first-order valence-corrected chi connectivity index (χ1v) is 5.18. The van der Waals surface area contributed by atoms with E-state index in [0.717, 1.165) is 0 Å². The van der Waals surface area contributed by atoms with Gasteiger partial charge in [-0.2, -0.15) is 0 Å². The van der Waals surface area contributed by atoms with E-state index >= 15 is 0 Å².